The van der Waals surface area contributed by atoms with Crippen LogP contribution in [0.25, 0.3) is 0 Å². The first kappa shape index (κ1) is 20.2. The van der Waals surface area contributed by atoms with Gasteiger partial charge >= 0.3 is 5.97 Å². The molecule has 1 fully saturated rings. The van der Waals surface area contributed by atoms with E-state index in [-0.39, 0.29) is 17.1 Å². The van der Waals surface area contributed by atoms with Crippen molar-refractivity contribution in [2.24, 2.45) is 0 Å². The van der Waals surface area contributed by atoms with E-state index in [4.69, 9.17) is 18.9 Å². The monoisotopic (exact) mass is 413 g/mol. The predicted molar refractivity (Wildman–Crippen MR) is 98.7 cm³/mol. The van der Waals surface area contributed by atoms with Gasteiger partial charge in [-0.2, -0.15) is 0 Å². The van der Waals surface area contributed by atoms with Crippen LogP contribution in [0.2, 0.25) is 0 Å². The van der Waals surface area contributed by atoms with Gasteiger partial charge in [-0.3, -0.25) is 4.79 Å². The minimum atomic E-state index is -3.12. The number of nitrogens with zero attached hydrogens (tertiary/aromatic N) is 1. The zero-order chi connectivity index (χ0) is 20.5. The summed E-state index contributed by atoms with van der Waals surface area (Å²) in [4.78, 5) is 26.4. The molecule has 2 heterocycles. The summed E-state index contributed by atoms with van der Waals surface area (Å²) < 4.78 is 44.8. The van der Waals surface area contributed by atoms with Crippen molar-refractivity contribution in [3.63, 3.8) is 0 Å². The smallest absolute Gasteiger partial charge is 0.339 e. The number of amides is 1. The number of likely N-dealkylation sites (N-methyl/N-ethyl adjacent to an activating group) is 1. The van der Waals surface area contributed by atoms with Crippen molar-refractivity contribution >= 4 is 21.7 Å². The molecule has 9 nitrogen and oxygen atoms in total. The van der Waals surface area contributed by atoms with E-state index in [1.165, 1.54) is 38.1 Å². The van der Waals surface area contributed by atoms with Gasteiger partial charge in [0.15, 0.2) is 27.4 Å². The molecule has 2 atom stereocenters. The maximum atomic E-state index is 12.5. The van der Waals surface area contributed by atoms with Crippen LogP contribution in [0.3, 0.4) is 0 Å². The molecule has 1 saturated heterocycles. The van der Waals surface area contributed by atoms with Crippen LogP contribution in [0.5, 0.6) is 17.2 Å². The zero-order valence-electron chi connectivity index (χ0n) is 16.0. The van der Waals surface area contributed by atoms with E-state index in [0.29, 0.717) is 36.9 Å². The molecule has 2 aliphatic heterocycles. The Morgan fingerprint density at radius 2 is 1.96 bits per heavy atom. The van der Waals surface area contributed by atoms with Gasteiger partial charge in [0.05, 0.1) is 24.2 Å². The lowest BCUT2D eigenvalue weighted by molar-refractivity contribution is -0.140. The fourth-order valence-corrected chi connectivity index (χ4v) is 4.99. The zero-order valence-corrected chi connectivity index (χ0v) is 16.8. The van der Waals surface area contributed by atoms with Crippen molar-refractivity contribution in [3.8, 4) is 17.2 Å². The van der Waals surface area contributed by atoms with Gasteiger partial charge in [-0.1, -0.05) is 0 Å². The number of hydrogen-bond donors (Lipinski definition) is 0. The number of ether oxygens (including phenoxy) is 4. The molecule has 0 N–H and O–H groups in total. The van der Waals surface area contributed by atoms with Gasteiger partial charge in [0.2, 0.25) is 5.75 Å². The molecule has 1 amide bonds. The molecule has 28 heavy (non-hydrogen) atoms. The molecule has 1 aromatic rings. The highest BCUT2D eigenvalue weighted by Gasteiger charge is 2.35. The Kier molecular flexibility index (Phi) is 5.69. The summed E-state index contributed by atoms with van der Waals surface area (Å²) in [6.07, 6.45) is -0.690. The van der Waals surface area contributed by atoms with Crippen LogP contribution in [-0.2, 0) is 19.4 Å². The van der Waals surface area contributed by atoms with E-state index in [0.717, 1.165) is 0 Å². The number of carbonyl (C=O) groups is 2. The lowest BCUT2D eigenvalue weighted by Gasteiger charge is -2.26. The van der Waals surface area contributed by atoms with Crippen molar-refractivity contribution in [2.45, 2.75) is 25.5 Å². The topological polar surface area (TPSA) is 108 Å². The van der Waals surface area contributed by atoms with Gasteiger partial charge in [-0.15, -0.1) is 0 Å². The first-order valence-electron chi connectivity index (χ1n) is 8.87. The molecule has 0 bridgehead atoms. The van der Waals surface area contributed by atoms with Gasteiger partial charge < -0.3 is 23.8 Å². The quantitative estimate of drug-likeness (QED) is 0.648. The Balaban J connectivity index is 1.69. The highest BCUT2D eigenvalue weighted by atomic mass is 32.2. The van der Waals surface area contributed by atoms with E-state index in [1.54, 1.807) is 0 Å². The molecule has 10 heteroatoms. The minimum absolute atomic E-state index is 0.0560. The molecule has 0 aromatic heterocycles. The highest BCUT2D eigenvalue weighted by molar-refractivity contribution is 7.91. The summed E-state index contributed by atoms with van der Waals surface area (Å²) in [6.45, 7) is 2.18. The molecule has 0 unspecified atom stereocenters. The Hall–Kier alpha value is -2.49. The van der Waals surface area contributed by atoms with E-state index in [1.807, 2.05) is 0 Å². The number of carbonyl (C=O) groups excluding carboxylic acids is 2. The molecule has 0 radical (unpaired) electrons. The van der Waals surface area contributed by atoms with Crippen molar-refractivity contribution in [3.05, 3.63) is 17.7 Å². The normalized spacial score (nSPS) is 20.9. The summed E-state index contributed by atoms with van der Waals surface area (Å²) in [5.41, 5.74) is 0.159. The molecule has 0 aliphatic carbocycles. The van der Waals surface area contributed by atoms with E-state index in [9.17, 15) is 18.0 Å². The molecule has 2 aliphatic rings. The summed E-state index contributed by atoms with van der Waals surface area (Å²) >= 11 is 0. The highest BCUT2D eigenvalue weighted by Crippen LogP contribution is 2.40. The average Bonchev–Trinajstić information content (AvgIpc) is 3.05. The fourth-order valence-electron chi connectivity index (χ4n) is 3.22. The number of methoxy groups -OCH3 is 1. The molecule has 3 rings (SSSR count). The van der Waals surface area contributed by atoms with Crippen LogP contribution >= 0.6 is 0 Å². The summed E-state index contributed by atoms with van der Waals surface area (Å²) in [7, 11) is -0.161. The number of fused-ring (bicyclic) bond motifs is 1. The second-order valence-corrected chi connectivity index (χ2v) is 8.98. The largest absolute Gasteiger partial charge is 0.493 e. The van der Waals surface area contributed by atoms with Crippen molar-refractivity contribution in [2.75, 3.05) is 38.9 Å². The first-order valence-corrected chi connectivity index (χ1v) is 10.7. The number of benzene rings is 1. The van der Waals surface area contributed by atoms with Crippen LogP contribution in [0.15, 0.2) is 12.1 Å². The predicted octanol–water partition coefficient (Wildman–Crippen LogP) is 0.657. The Bertz CT molecular complexity index is 865. The lowest BCUT2D eigenvalue weighted by atomic mass is 10.1. The van der Waals surface area contributed by atoms with Crippen molar-refractivity contribution in [1.82, 2.24) is 4.90 Å². The minimum Gasteiger partial charge on any atom is -0.493 e. The second kappa shape index (κ2) is 7.86. The molecule has 154 valence electrons. The van der Waals surface area contributed by atoms with Crippen molar-refractivity contribution in [1.29, 1.82) is 0 Å². The van der Waals surface area contributed by atoms with Gasteiger partial charge in [0.1, 0.15) is 13.2 Å². The summed E-state index contributed by atoms with van der Waals surface area (Å²) in [5, 5.41) is 0. The van der Waals surface area contributed by atoms with Crippen LogP contribution in [0, 0.1) is 0 Å². The number of hydrogen-bond acceptors (Lipinski definition) is 8. The molecular weight excluding hydrogens is 390 g/mol. The van der Waals surface area contributed by atoms with E-state index < -0.39 is 33.9 Å². The van der Waals surface area contributed by atoms with Gasteiger partial charge in [0, 0.05) is 13.1 Å². The van der Waals surface area contributed by atoms with Crippen LogP contribution < -0.4 is 14.2 Å². The summed E-state index contributed by atoms with van der Waals surface area (Å²) in [6, 6.07) is 2.53. The SMILES string of the molecule is COc1cc(C(=O)O[C@H](C)C(=O)N(C)[C@@H]2CCS(=O)(=O)C2)cc2c1OCCO2. The fraction of sp³-hybridized carbons (Fsp3) is 0.556. The van der Waals surface area contributed by atoms with Crippen LogP contribution in [-0.4, -0.2) is 76.2 Å². The van der Waals surface area contributed by atoms with Crippen LogP contribution in [0.4, 0.5) is 0 Å². The van der Waals surface area contributed by atoms with E-state index in [2.05, 4.69) is 0 Å². The third-order valence-electron chi connectivity index (χ3n) is 4.80. The molecule has 0 saturated carbocycles. The van der Waals surface area contributed by atoms with Gasteiger partial charge in [-0.25, -0.2) is 13.2 Å². The van der Waals surface area contributed by atoms with E-state index >= 15 is 0 Å². The third-order valence-corrected chi connectivity index (χ3v) is 6.55. The number of rotatable bonds is 5. The Morgan fingerprint density at radius 3 is 2.61 bits per heavy atom. The standard InChI is InChI=1S/C18H23NO8S/c1-11(17(20)19(2)13-4-7-28(22,23)10-13)27-18(21)12-8-14(24-3)16-15(9-12)25-5-6-26-16/h8-9,11,13H,4-7,10H2,1-3H3/t11-,13-/m1/s1. The lowest BCUT2D eigenvalue weighted by Crippen LogP contribution is -2.44. The Labute approximate surface area is 163 Å². The molecule has 1 aromatic carbocycles. The maximum Gasteiger partial charge on any atom is 0.339 e. The third kappa shape index (κ3) is 4.16. The maximum absolute atomic E-state index is 12.5. The van der Waals surface area contributed by atoms with Gasteiger partial charge in [-0.05, 0) is 25.5 Å². The Morgan fingerprint density at radius 1 is 1.25 bits per heavy atom. The molecular formula is C18H23NO8S. The van der Waals surface area contributed by atoms with Crippen molar-refractivity contribution < 1.29 is 37.0 Å². The van der Waals surface area contributed by atoms with Crippen LogP contribution in [0.1, 0.15) is 23.7 Å². The molecule has 0 spiro atoms. The second-order valence-electron chi connectivity index (χ2n) is 6.76. The first-order chi connectivity index (χ1) is 13.2. The summed E-state index contributed by atoms with van der Waals surface area (Å²) in [5.74, 6) is -0.0863. The number of esters is 1. The average molecular weight is 413 g/mol. The van der Waals surface area contributed by atoms with Gasteiger partial charge in [0.25, 0.3) is 5.91 Å². The number of sulfone groups is 1.